The van der Waals surface area contributed by atoms with Crippen LogP contribution >= 0.6 is 15.6 Å². The molecule has 2 unspecified atom stereocenters. The Hall–Kier alpha value is -1.94. The molecule has 0 aliphatic rings. The normalized spacial score (nSPS) is 13.9. The Bertz CT molecular complexity index is 1980. The first-order valence-corrected chi connectivity index (χ1v) is 46.5. The van der Waals surface area contributed by atoms with Crippen molar-refractivity contribution < 1.29 is 80.2 Å². The highest BCUT2D eigenvalue weighted by atomic mass is 31.2. The first-order valence-electron chi connectivity index (χ1n) is 43.5. The van der Waals surface area contributed by atoms with E-state index in [4.69, 9.17) is 37.0 Å². The Morgan fingerprint density at radius 2 is 0.447 bits per heavy atom. The average molecular weight is 1510 g/mol. The molecule has 103 heavy (non-hydrogen) atoms. The van der Waals surface area contributed by atoms with Gasteiger partial charge in [-0.3, -0.25) is 37.3 Å². The Balaban J connectivity index is 5.26. The maximum atomic E-state index is 13.1. The summed E-state index contributed by atoms with van der Waals surface area (Å²) in [7, 11) is -9.93. The van der Waals surface area contributed by atoms with Crippen LogP contribution in [0.25, 0.3) is 0 Å². The van der Waals surface area contributed by atoms with Crippen LogP contribution in [0.15, 0.2) is 0 Å². The Kier molecular flexibility index (Phi) is 74.1. The molecule has 0 heterocycles. The summed E-state index contributed by atoms with van der Waals surface area (Å²) in [5, 5.41) is 10.7. The molecule has 0 amide bonds. The number of esters is 4. The van der Waals surface area contributed by atoms with Gasteiger partial charge in [0.25, 0.3) is 0 Å². The van der Waals surface area contributed by atoms with Crippen LogP contribution in [-0.2, 0) is 65.4 Å². The highest BCUT2D eigenvalue weighted by Gasteiger charge is 2.30. The van der Waals surface area contributed by atoms with Crippen molar-refractivity contribution in [2.75, 3.05) is 39.6 Å². The Morgan fingerprint density at radius 3 is 0.660 bits per heavy atom. The van der Waals surface area contributed by atoms with Gasteiger partial charge in [-0.2, -0.15) is 0 Å². The minimum atomic E-state index is -4.96. The molecule has 19 heteroatoms. The molecule has 5 atom stereocenters. The quantitative estimate of drug-likeness (QED) is 0.0222. The van der Waals surface area contributed by atoms with Crippen molar-refractivity contribution in [2.45, 2.75) is 464 Å². The third-order valence-electron chi connectivity index (χ3n) is 19.7. The number of carbonyl (C=O) groups excluding carboxylic acids is 4. The van der Waals surface area contributed by atoms with Crippen molar-refractivity contribution in [3.63, 3.8) is 0 Å². The first-order chi connectivity index (χ1) is 49.9. The SMILES string of the molecule is CCCCCCCCCCCCCCCCCCCC(=O)OC[C@H](COP(=O)(O)OC[C@@H](O)COP(=O)(O)OC[C@@H](COC(=O)CCCCCCCCCCCC(C)C)OC(=O)CCCCCCCCCCCCCCCCC)OC(=O)CCCCCCCCCCCCCCCCCCC(C)C. The number of carbonyl (C=O) groups is 4. The number of aliphatic hydroxyl groups excluding tert-OH is 1. The zero-order valence-electron chi connectivity index (χ0n) is 67.6. The zero-order chi connectivity index (χ0) is 75.6. The fourth-order valence-corrected chi connectivity index (χ4v) is 14.6. The topological polar surface area (TPSA) is 237 Å². The molecule has 0 aromatic heterocycles. The van der Waals surface area contributed by atoms with Gasteiger partial charge in [0, 0.05) is 25.7 Å². The molecular weight excluding hydrogens is 1340 g/mol. The number of rotatable bonds is 83. The molecule has 0 aliphatic carbocycles. The lowest BCUT2D eigenvalue weighted by Gasteiger charge is -2.21. The van der Waals surface area contributed by atoms with Gasteiger partial charge in [-0.05, 0) is 37.5 Å². The van der Waals surface area contributed by atoms with Gasteiger partial charge in [-0.1, -0.05) is 395 Å². The number of phosphoric ester groups is 2. The van der Waals surface area contributed by atoms with E-state index in [0.29, 0.717) is 25.7 Å². The molecule has 0 aliphatic heterocycles. The molecule has 612 valence electrons. The number of aliphatic hydroxyl groups is 1. The second-order valence-corrected chi connectivity index (χ2v) is 34.1. The maximum Gasteiger partial charge on any atom is 0.472 e. The molecule has 0 spiro atoms. The minimum absolute atomic E-state index is 0.108. The van der Waals surface area contributed by atoms with Crippen molar-refractivity contribution >= 4 is 39.5 Å². The summed E-state index contributed by atoms with van der Waals surface area (Å²) in [5.41, 5.74) is 0. The standard InChI is InChI=1S/C84H164O17P2/c1-7-9-11-13-15-17-19-21-23-24-29-32-36-42-48-54-60-66-81(86)94-72-79(100-84(89)69-63-57-51-44-38-34-30-26-25-28-31-35-40-46-52-58-64-76(3)4)74-98-102(90,91)96-70-78(85)71-97-103(92,93)99-75-80(73-95-82(87)67-61-55-49-45-39-41-47-53-59-65-77(5)6)101-83(88)68-62-56-50-43-37-33-27-22-20-18-16-14-12-10-8-2/h76-80,85H,7-75H2,1-6H3,(H,90,91)(H,92,93)/t78-,79-,80-/m1/s1. The molecule has 3 N–H and O–H groups in total. The summed E-state index contributed by atoms with van der Waals surface area (Å²) in [5.74, 6) is -0.549. The summed E-state index contributed by atoms with van der Waals surface area (Å²) in [4.78, 5) is 73.2. The van der Waals surface area contributed by atoms with Crippen molar-refractivity contribution in [2.24, 2.45) is 11.8 Å². The van der Waals surface area contributed by atoms with Crippen molar-refractivity contribution in [1.29, 1.82) is 0 Å². The minimum Gasteiger partial charge on any atom is -0.462 e. The van der Waals surface area contributed by atoms with Crippen molar-refractivity contribution in [1.82, 2.24) is 0 Å². The van der Waals surface area contributed by atoms with E-state index >= 15 is 0 Å². The van der Waals surface area contributed by atoms with Gasteiger partial charge >= 0.3 is 39.5 Å². The molecule has 0 radical (unpaired) electrons. The summed E-state index contributed by atoms with van der Waals surface area (Å²) in [6.07, 6.45) is 66.5. The van der Waals surface area contributed by atoms with Crippen molar-refractivity contribution in [3.8, 4) is 0 Å². The zero-order valence-corrected chi connectivity index (χ0v) is 69.4. The molecule has 17 nitrogen and oxygen atoms in total. The second-order valence-electron chi connectivity index (χ2n) is 31.2. The smallest absolute Gasteiger partial charge is 0.462 e. The van der Waals surface area contributed by atoms with Crippen LogP contribution in [-0.4, -0.2) is 96.7 Å². The van der Waals surface area contributed by atoms with E-state index in [1.165, 1.54) is 263 Å². The molecule has 0 aromatic carbocycles. The monoisotopic (exact) mass is 1510 g/mol. The van der Waals surface area contributed by atoms with Crippen LogP contribution in [0.5, 0.6) is 0 Å². The van der Waals surface area contributed by atoms with Crippen LogP contribution in [0.4, 0.5) is 0 Å². The predicted octanol–water partition coefficient (Wildman–Crippen LogP) is 25.5. The van der Waals surface area contributed by atoms with Gasteiger partial charge in [-0.15, -0.1) is 0 Å². The average Bonchev–Trinajstić information content (AvgIpc) is 0.937. The first kappa shape index (κ1) is 101. The molecule has 0 saturated carbocycles. The number of hydrogen-bond donors (Lipinski definition) is 3. The van der Waals surface area contributed by atoms with E-state index < -0.39 is 97.5 Å². The predicted molar refractivity (Wildman–Crippen MR) is 423 cm³/mol. The van der Waals surface area contributed by atoms with Gasteiger partial charge in [0.2, 0.25) is 0 Å². The van der Waals surface area contributed by atoms with E-state index in [2.05, 4.69) is 41.5 Å². The summed E-state index contributed by atoms with van der Waals surface area (Å²) in [6.45, 7) is 9.68. The van der Waals surface area contributed by atoms with E-state index in [-0.39, 0.29) is 25.7 Å². The molecule has 0 aromatic rings. The molecule has 0 rings (SSSR count). The summed E-state index contributed by atoms with van der Waals surface area (Å²) >= 11 is 0. The summed E-state index contributed by atoms with van der Waals surface area (Å²) < 4.78 is 68.9. The van der Waals surface area contributed by atoms with E-state index in [1.54, 1.807) is 0 Å². The molecular formula is C84H164O17P2. The second kappa shape index (κ2) is 75.5. The Morgan fingerprint density at radius 1 is 0.262 bits per heavy atom. The molecule has 0 fully saturated rings. The number of phosphoric acid groups is 2. The highest BCUT2D eigenvalue weighted by molar-refractivity contribution is 7.47. The molecule has 0 bridgehead atoms. The van der Waals surface area contributed by atoms with E-state index in [9.17, 15) is 43.2 Å². The van der Waals surface area contributed by atoms with E-state index in [0.717, 1.165) is 102 Å². The fourth-order valence-electron chi connectivity index (χ4n) is 13.1. The van der Waals surface area contributed by atoms with Crippen LogP contribution in [0, 0.1) is 11.8 Å². The number of hydrogen-bond acceptors (Lipinski definition) is 15. The lowest BCUT2D eigenvalue weighted by atomic mass is 10.0. The lowest BCUT2D eigenvalue weighted by molar-refractivity contribution is -0.161. The third-order valence-corrected chi connectivity index (χ3v) is 21.6. The largest absolute Gasteiger partial charge is 0.472 e. The fraction of sp³-hybridized carbons (Fsp3) is 0.952. The highest BCUT2D eigenvalue weighted by Crippen LogP contribution is 2.45. The van der Waals surface area contributed by atoms with Crippen LogP contribution in [0.3, 0.4) is 0 Å². The van der Waals surface area contributed by atoms with E-state index in [1.807, 2.05) is 0 Å². The lowest BCUT2D eigenvalue weighted by Crippen LogP contribution is -2.30. The van der Waals surface area contributed by atoms with Crippen LogP contribution in [0.2, 0.25) is 0 Å². The number of ether oxygens (including phenoxy) is 4. The van der Waals surface area contributed by atoms with Gasteiger partial charge in [0.15, 0.2) is 12.2 Å². The van der Waals surface area contributed by atoms with Gasteiger partial charge < -0.3 is 33.8 Å². The van der Waals surface area contributed by atoms with Gasteiger partial charge in [0.05, 0.1) is 26.4 Å². The molecule has 0 saturated heterocycles. The van der Waals surface area contributed by atoms with Gasteiger partial charge in [-0.25, -0.2) is 9.13 Å². The maximum absolute atomic E-state index is 13.1. The van der Waals surface area contributed by atoms with Gasteiger partial charge in [0.1, 0.15) is 19.3 Å². The van der Waals surface area contributed by atoms with Crippen LogP contribution in [0.1, 0.15) is 446 Å². The third kappa shape index (κ3) is 78.0. The van der Waals surface area contributed by atoms with Crippen molar-refractivity contribution in [3.05, 3.63) is 0 Å². The Labute approximate surface area is 632 Å². The van der Waals surface area contributed by atoms with Crippen LogP contribution < -0.4 is 0 Å². The summed E-state index contributed by atoms with van der Waals surface area (Å²) in [6, 6.07) is 0. The number of unbranched alkanes of at least 4 members (excludes halogenated alkanes) is 53.